The fourth-order valence-corrected chi connectivity index (χ4v) is 2.78. The van der Waals surface area contributed by atoms with Gasteiger partial charge in [0.15, 0.2) is 0 Å². The zero-order valence-corrected chi connectivity index (χ0v) is 12.0. The fraction of sp³-hybridized carbons (Fsp3) is 0.176. The third kappa shape index (κ3) is 2.57. The van der Waals surface area contributed by atoms with Crippen molar-refractivity contribution < 1.29 is 14.0 Å². The third-order valence-electron chi connectivity index (χ3n) is 3.71. The largest absolute Gasteiger partial charge is 0.324 e. The molecule has 1 heterocycles. The Labute approximate surface area is 127 Å². The molecule has 2 aromatic carbocycles. The zero-order chi connectivity index (χ0) is 15.7. The van der Waals surface area contributed by atoms with Gasteiger partial charge in [-0.3, -0.25) is 14.5 Å². The number of hydrogen-bond donors (Lipinski definition) is 1. The van der Waals surface area contributed by atoms with Crippen LogP contribution in [0.5, 0.6) is 0 Å². The molecule has 0 bridgehead atoms. The summed E-state index contributed by atoms with van der Waals surface area (Å²) in [5, 5.41) is 2.67. The Morgan fingerprint density at radius 1 is 1.18 bits per heavy atom. The summed E-state index contributed by atoms with van der Waals surface area (Å²) in [6.45, 7) is 1.44. The molecular formula is C17H15FN2O2. The zero-order valence-electron chi connectivity index (χ0n) is 12.0. The standard InChI is InChI=1S/C17H15FN2O2/c1-11(21)20-15-8-3-2-5-12(15)9-16(20)17(22)19-14-7-4-6-13(18)10-14/h2-8,10,16H,9H2,1H3,(H,19,22). The second-order valence-electron chi connectivity index (χ2n) is 5.24. The lowest BCUT2D eigenvalue weighted by atomic mass is 10.1. The quantitative estimate of drug-likeness (QED) is 0.927. The van der Waals surface area contributed by atoms with E-state index in [9.17, 15) is 14.0 Å². The van der Waals surface area contributed by atoms with Gasteiger partial charge < -0.3 is 5.32 Å². The Hall–Kier alpha value is -2.69. The van der Waals surface area contributed by atoms with Crippen molar-refractivity contribution in [2.45, 2.75) is 19.4 Å². The molecule has 0 radical (unpaired) electrons. The number of halogens is 1. The van der Waals surface area contributed by atoms with E-state index in [4.69, 9.17) is 0 Å². The van der Waals surface area contributed by atoms with Crippen LogP contribution in [-0.2, 0) is 16.0 Å². The predicted molar refractivity (Wildman–Crippen MR) is 82.1 cm³/mol. The van der Waals surface area contributed by atoms with E-state index in [1.54, 1.807) is 6.07 Å². The first kappa shape index (κ1) is 14.3. The van der Waals surface area contributed by atoms with Gasteiger partial charge in [-0.2, -0.15) is 0 Å². The van der Waals surface area contributed by atoms with Crippen molar-refractivity contribution in [1.82, 2.24) is 0 Å². The van der Waals surface area contributed by atoms with Crippen molar-refractivity contribution in [3.63, 3.8) is 0 Å². The number of carbonyl (C=O) groups excluding carboxylic acids is 2. The van der Waals surface area contributed by atoms with Crippen LogP contribution in [0.4, 0.5) is 15.8 Å². The number of hydrogen-bond acceptors (Lipinski definition) is 2. The maximum absolute atomic E-state index is 13.2. The molecular weight excluding hydrogens is 283 g/mol. The number of nitrogens with zero attached hydrogens (tertiary/aromatic N) is 1. The Bertz CT molecular complexity index is 745. The molecule has 0 aliphatic carbocycles. The van der Waals surface area contributed by atoms with E-state index in [2.05, 4.69) is 5.32 Å². The molecule has 1 aliphatic rings. The highest BCUT2D eigenvalue weighted by molar-refractivity contribution is 6.06. The molecule has 5 heteroatoms. The van der Waals surface area contributed by atoms with Crippen LogP contribution < -0.4 is 10.2 Å². The molecule has 0 saturated carbocycles. The van der Waals surface area contributed by atoms with E-state index in [1.165, 1.54) is 30.0 Å². The number of fused-ring (bicyclic) bond motifs is 1. The maximum Gasteiger partial charge on any atom is 0.247 e. The number of rotatable bonds is 2. The molecule has 0 aromatic heterocycles. The van der Waals surface area contributed by atoms with Crippen LogP contribution in [0.15, 0.2) is 48.5 Å². The summed E-state index contributed by atoms with van der Waals surface area (Å²) in [7, 11) is 0. The SMILES string of the molecule is CC(=O)N1c2ccccc2CC1C(=O)Nc1cccc(F)c1. The van der Waals surface area contributed by atoms with Crippen molar-refractivity contribution in [2.24, 2.45) is 0 Å². The minimum Gasteiger partial charge on any atom is -0.324 e. The first-order chi connectivity index (χ1) is 10.6. The topological polar surface area (TPSA) is 49.4 Å². The van der Waals surface area contributed by atoms with Crippen molar-refractivity contribution >= 4 is 23.2 Å². The van der Waals surface area contributed by atoms with Crippen LogP contribution in [0, 0.1) is 5.82 Å². The predicted octanol–water partition coefficient (Wildman–Crippen LogP) is 2.74. The molecule has 4 nitrogen and oxygen atoms in total. The van der Waals surface area contributed by atoms with Gasteiger partial charge in [-0.15, -0.1) is 0 Å². The van der Waals surface area contributed by atoms with Gasteiger partial charge in [0.25, 0.3) is 0 Å². The van der Waals surface area contributed by atoms with Crippen LogP contribution in [0.25, 0.3) is 0 Å². The van der Waals surface area contributed by atoms with E-state index >= 15 is 0 Å². The van der Waals surface area contributed by atoms with Gasteiger partial charge >= 0.3 is 0 Å². The number of carbonyl (C=O) groups is 2. The smallest absolute Gasteiger partial charge is 0.247 e. The van der Waals surface area contributed by atoms with Crippen LogP contribution in [0.1, 0.15) is 12.5 Å². The number of para-hydroxylation sites is 1. The van der Waals surface area contributed by atoms with Crippen molar-refractivity contribution in [1.29, 1.82) is 0 Å². The van der Waals surface area contributed by atoms with Gasteiger partial charge in [0, 0.05) is 24.7 Å². The van der Waals surface area contributed by atoms with E-state index in [1.807, 2.05) is 24.3 Å². The van der Waals surface area contributed by atoms with Crippen LogP contribution in [0.3, 0.4) is 0 Å². The van der Waals surface area contributed by atoms with Crippen LogP contribution >= 0.6 is 0 Å². The van der Waals surface area contributed by atoms with E-state index < -0.39 is 11.9 Å². The van der Waals surface area contributed by atoms with Gasteiger partial charge in [-0.05, 0) is 29.8 Å². The summed E-state index contributed by atoms with van der Waals surface area (Å²) < 4.78 is 13.2. The van der Waals surface area contributed by atoms with Gasteiger partial charge in [0.1, 0.15) is 11.9 Å². The minimum absolute atomic E-state index is 0.190. The summed E-state index contributed by atoms with van der Waals surface area (Å²) >= 11 is 0. The number of benzene rings is 2. The van der Waals surface area contributed by atoms with Crippen LogP contribution in [-0.4, -0.2) is 17.9 Å². The number of anilines is 2. The summed E-state index contributed by atoms with van der Waals surface area (Å²) in [5.41, 5.74) is 2.09. The normalized spacial score (nSPS) is 16.3. The lowest BCUT2D eigenvalue weighted by Crippen LogP contribution is -2.44. The summed E-state index contributed by atoms with van der Waals surface area (Å²) in [5.74, 6) is -0.933. The molecule has 0 fully saturated rings. The third-order valence-corrected chi connectivity index (χ3v) is 3.71. The number of amides is 2. The monoisotopic (exact) mass is 298 g/mol. The average Bonchev–Trinajstić information content (AvgIpc) is 2.87. The number of nitrogens with one attached hydrogen (secondary N) is 1. The van der Waals surface area contributed by atoms with Gasteiger partial charge in [-0.25, -0.2) is 4.39 Å². The Kier molecular flexibility index (Phi) is 3.63. The van der Waals surface area contributed by atoms with Gasteiger partial charge in [0.05, 0.1) is 0 Å². The van der Waals surface area contributed by atoms with Crippen LogP contribution in [0.2, 0.25) is 0 Å². The lowest BCUT2D eigenvalue weighted by molar-refractivity contribution is -0.122. The second-order valence-corrected chi connectivity index (χ2v) is 5.24. The Morgan fingerprint density at radius 3 is 2.68 bits per heavy atom. The molecule has 3 rings (SSSR count). The average molecular weight is 298 g/mol. The Morgan fingerprint density at radius 2 is 1.95 bits per heavy atom. The van der Waals surface area contributed by atoms with Crippen molar-refractivity contribution in [3.8, 4) is 0 Å². The molecule has 112 valence electrons. The highest BCUT2D eigenvalue weighted by Crippen LogP contribution is 2.32. The highest BCUT2D eigenvalue weighted by atomic mass is 19.1. The summed E-state index contributed by atoms with van der Waals surface area (Å²) in [6.07, 6.45) is 0.455. The maximum atomic E-state index is 13.2. The molecule has 1 N–H and O–H groups in total. The minimum atomic E-state index is -0.613. The summed E-state index contributed by atoms with van der Waals surface area (Å²) in [6, 6.07) is 12.5. The van der Waals surface area contributed by atoms with E-state index in [-0.39, 0.29) is 11.8 Å². The molecule has 2 amide bonds. The van der Waals surface area contributed by atoms with Crippen molar-refractivity contribution in [3.05, 3.63) is 59.9 Å². The molecule has 1 unspecified atom stereocenters. The van der Waals surface area contributed by atoms with E-state index in [0.717, 1.165) is 11.3 Å². The molecule has 1 aliphatic heterocycles. The fourth-order valence-electron chi connectivity index (χ4n) is 2.78. The van der Waals surface area contributed by atoms with E-state index in [0.29, 0.717) is 12.1 Å². The molecule has 2 aromatic rings. The van der Waals surface area contributed by atoms with Gasteiger partial charge in [-0.1, -0.05) is 24.3 Å². The van der Waals surface area contributed by atoms with Crippen molar-refractivity contribution in [2.75, 3.05) is 10.2 Å². The summed E-state index contributed by atoms with van der Waals surface area (Å²) in [4.78, 5) is 25.9. The molecule has 1 atom stereocenters. The lowest BCUT2D eigenvalue weighted by Gasteiger charge is -2.23. The highest BCUT2D eigenvalue weighted by Gasteiger charge is 2.36. The second kappa shape index (κ2) is 5.60. The molecule has 22 heavy (non-hydrogen) atoms. The van der Waals surface area contributed by atoms with Gasteiger partial charge in [0.2, 0.25) is 11.8 Å². The first-order valence-electron chi connectivity index (χ1n) is 7.00. The molecule has 0 spiro atoms. The Balaban J connectivity index is 1.85. The first-order valence-corrected chi connectivity index (χ1v) is 7.00. The molecule has 0 saturated heterocycles.